The van der Waals surface area contributed by atoms with Crippen molar-refractivity contribution in [3.05, 3.63) is 218 Å². The van der Waals surface area contributed by atoms with Crippen molar-refractivity contribution in [3.8, 4) is 39.1 Å². The van der Waals surface area contributed by atoms with E-state index in [1.807, 2.05) is 11.3 Å². The normalized spacial score (nSPS) is 11.5. The van der Waals surface area contributed by atoms with Crippen molar-refractivity contribution in [1.29, 1.82) is 0 Å². The molecule has 9 aromatic carbocycles. The number of hydrogen-bond donors (Lipinski definition) is 0. The third-order valence-corrected chi connectivity index (χ3v) is 12.4. The van der Waals surface area contributed by atoms with E-state index in [9.17, 15) is 0 Å². The van der Waals surface area contributed by atoms with E-state index >= 15 is 0 Å². The Bertz CT molecular complexity index is 3230. The molecular formula is C54H36N2S. The van der Waals surface area contributed by atoms with Gasteiger partial charge in [0.2, 0.25) is 0 Å². The number of fused-ring (bicyclic) bond motifs is 6. The third kappa shape index (κ3) is 5.55. The quantitative estimate of drug-likeness (QED) is 0.158. The Balaban J connectivity index is 1.17. The summed E-state index contributed by atoms with van der Waals surface area (Å²) in [6.45, 7) is 0. The van der Waals surface area contributed by atoms with Crippen LogP contribution in [0.3, 0.4) is 0 Å². The Labute approximate surface area is 335 Å². The Kier molecular flexibility index (Phi) is 8.04. The number of aromatic nitrogens is 1. The zero-order valence-corrected chi connectivity index (χ0v) is 31.9. The lowest BCUT2D eigenvalue weighted by Gasteiger charge is -2.29. The van der Waals surface area contributed by atoms with Gasteiger partial charge in [-0.2, -0.15) is 0 Å². The maximum absolute atomic E-state index is 2.48. The smallest absolute Gasteiger partial charge is 0.0562 e. The molecule has 0 N–H and O–H groups in total. The van der Waals surface area contributed by atoms with Gasteiger partial charge in [0, 0.05) is 53.4 Å². The number of anilines is 3. The molecule has 2 nitrogen and oxygen atoms in total. The van der Waals surface area contributed by atoms with Gasteiger partial charge in [-0.3, -0.25) is 0 Å². The fraction of sp³-hybridized carbons (Fsp3) is 0. The lowest BCUT2D eigenvalue weighted by Crippen LogP contribution is -2.11. The minimum absolute atomic E-state index is 1.09. The predicted molar refractivity (Wildman–Crippen MR) is 245 cm³/mol. The van der Waals surface area contributed by atoms with Crippen LogP contribution in [0.25, 0.3) is 81.0 Å². The van der Waals surface area contributed by atoms with E-state index in [-0.39, 0.29) is 0 Å². The average Bonchev–Trinajstić information content (AvgIpc) is 3.84. The van der Waals surface area contributed by atoms with Crippen molar-refractivity contribution in [1.82, 2.24) is 4.57 Å². The van der Waals surface area contributed by atoms with E-state index in [1.54, 1.807) is 0 Å². The zero-order chi connectivity index (χ0) is 37.7. The SMILES string of the molecule is c1ccc(-c2ccccc2-c2ccc(N(c3ccccc3-c3cccc4c3sc3ccccc34)c3cccc4c3c3ccccc3n4-c3ccccc3)cc2)cc1. The molecular weight excluding hydrogens is 709 g/mol. The van der Waals surface area contributed by atoms with Gasteiger partial charge in [0.05, 0.1) is 22.4 Å². The van der Waals surface area contributed by atoms with Crippen molar-refractivity contribution >= 4 is 70.4 Å². The highest BCUT2D eigenvalue weighted by Gasteiger charge is 2.24. The number of thiophene rings is 1. The minimum atomic E-state index is 1.09. The van der Waals surface area contributed by atoms with E-state index in [2.05, 4.69) is 228 Å². The largest absolute Gasteiger partial charge is 0.309 e. The number of benzene rings is 9. The van der Waals surface area contributed by atoms with E-state index in [0.29, 0.717) is 0 Å². The molecule has 11 aromatic rings. The van der Waals surface area contributed by atoms with Crippen LogP contribution in [-0.4, -0.2) is 4.57 Å². The van der Waals surface area contributed by atoms with Crippen LogP contribution < -0.4 is 4.90 Å². The molecule has 268 valence electrons. The highest BCUT2D eigenvalue weighted by atomic mass is 32.1. The molecule has 0 aliphatic rings. The van der Waals surface area contributed by atoms with E-state index in [4.69, 9.17) is 0 Å². The molecule has 0 atom stereocenters. The van der Waals surface area contributed by atoms with Crippen molar-refractivity contribution in [3.63, 3.8) is 0 Å². The minimum Gasteiger partial charge on any atom is -0.309 e. The van der Waals surface area contributed by atoms with Crippen LogP contribution in [0.5, 0.6) is 0 Å². The van der Waals surface area contributed by atoms with E-state index in [0.717, 1.165) is 22.7 Å². The molecule has 57 heavy (non-hydrogen) atoms. The van der Waals surface area contributed by atoms with Gasteiger partial charge in [0.25, 0.3) is 0 Å². The van der Waals surface area contributed by atoms with Gasteiger partial charge in [-0.05, 0) is 76.9 Å². The molecule has 0 saturated carbocycles. The number of nitrogens with zero attached hydrogens (tertiary/aromatic N) is 2. The second-order valence-corrected chi connectivity index (χ2v) is 15.5. The summed E-state index contributed by atoms with van der Waals surface area (Å²) in [7, 11) is 0. The predicted octanol–water partition coefficient (Wildman–Crippen LogP) is 15.6. The Morgan fingerprint density at radius 3 is 1.68 bits per heavy atom. The summed E-state index contributed by atoms with van der Waals surface area (Å²) in [6.07, 6.45) is 0. The molecule has 2 aromatic heterocycles. The monoisotopic (exact) mass is 744 g/mol. The van der Waals surface area contributed by atoms with Gasteiger partial charge >= 0.3 is 0 Å². The van der Waals surface area contributed by atoms with Crippen molar-refractivity contribution in [2.24, 2.45) is 0 Å². The highest BCUT2D eigenvalue weighted by molar-refractivity contribution is 7.26. The molecule has 0 aliphatic heterocycles. The molecule has 11 rings (SSSR count). The van der Waals surface area contributed by atoms with Crippen molar-refractivity contribution in [2.45, 2.75) is 0 Å². The Morgan fingerprint density at radius 2 is 0.895 bits per heavy atom. The molecule has 0 fully saturated rings. The summed E-state index contributed by atoms with van der Waals surface area (Å²) in [5.41, 5.74) is 14.1. The summed E-state index contributed by atoms with van der Waals surface area (Å²) in [6, 6.07) is 79.3. The van der Waals surface area contributed by atoms with E-state index in [1.165, 1.54) is 75.4 Å². The van der Waals surface area contributed by atoms with Gasteiger partial charge in [-0.1, -0.05) is 164 Å². The Hall–Kier alpha value is -7.20. The first-order chi connectivity index (χ1) is 28.3. The second kappa shape index (κ2) is 13.8. The van der Waals surface area contributed by atoms with Gasteiger partial charge < -0.3 is 9.47 Å². The molecule has 0 radical (unpaired) electrons. The zero-order valence-electron chi connectivity index (χ0n) is 31.1. The number of rotatable bonds is 7. The van der Waals surface area contributed by atoms with Gasteiger partial charge in [0.15, 0.2) is 0 Å². The number of para-hydroxylation sites is 3. The average molecular weight is 745 g/mol. The van der Waals surface area contributed by atoms with Crippen LogP contribution in [0.15, 0.2) is 218 Å². The summed E-state index contributed by atoms with van der Waals surface area (Å²) in [5.74, 6) is 0. The maximum Gasteiger partial charge on any atom is 0.0562 e. The maximum atomic E-state index is 2.48. The molecule has 2 heterocycles. The lowest BCUT2D eigenvalue weighted by molar-refractivity contribution is 1.18. The van der Waals surface area contributed by atoms with Gasteiger partial charge in [-0.25, -0.2) is 0 Å². The summed E-state index contributed by atoms with van der Waals surface area (Å²) >= 11 is 1.88. The first-order valence-electron chi connectivity index (χ1n) is 19.4. The highest BCUT2D eigenvalue weighted by Crippen LogP contribution is 2.49. The molecule has 0 amide bonds. The van der Waals surface area contributed by atoms with Crippen molar-refractivity contribution < 1.29 is 0 Å². The molecule has 0 saturated heterocycles. The Morgan fingerprint density at radius 1 is 0.351 bits per heavy atom. The fourth-order valence-electron chi connectivity index (χ4n) is 8.70. The molecule has 0 unspecified atom stereocenters. The second-order valence-electron chi connectivity index (χ2n) is 14.5. The van der Waals surface area contributed by atoms with Crippen LogP contribution in [0.2, 0.25) is 0 Å². The van der Waals surface area contributed by atoms with Crippen LogP contribution in [-0.2, 0) is 0 Å². The van der Waals surface area contributed by atoms with Crippen LogP contribution in [0.1, 0.15) is 0 Å². The topological polar surface area (TPSA) is 8.17 Å². The van der Waals surface area contributed by atoms with Gasteiger partial charge in [0.1, 0.15) is 0 Å². The molecule has 0 bridgehead atoms. The lowest BCUT2D eigenvalue weighted by atomic mass is 9.94. The number of hydrogen-bond acceptors (Lipinski definition) is 2. The standard InChI is InChI=1S/C54H36N2S/c1-3-17-37(18-4-1)41-21-7-8-22-42(41)38-33-35-40(36-34-38)56(48-28-12-9-23-43(48)45-26-15-27-46-44-24-11-14-32-52(44)57-54(45)46)51-31-16-30-50-53(51)47-25-10-13-29-49(47)55(50)39-19-5-2-6-20-39/h1-36H. The summed E-state index contributed by atoms with van der Waals surface area (Å²) in [4.78, 5) is 2.48. The van der Waals surface area contributed by atoms with Gasteiger partial charge in [-0.15, -0.1) is 11.3 Å². The first-order valence-corrected chi connectivity index (χ1v) is 20.3. The van der Waals surface area contributed by atoms with Crippen molar-refractivity contribution in [2.75, 3.05) is 4.90 Å². The van der Waals surface area contributed by atoms with Crippen LogP contribution in [0.4, 0.5) is 17.1 Å². The fourth-order valence-corrected chi connectivity index (χ4v) is 9.93. The van der Waals surface area contributed by atoms with Crippen LogP contribution >= 0.6 is 11.3 Å². The van der Waals surface area contributed by atoms with Crippen LogP contribution in [0, 0.1) is 0 Å². The summed E-state index contributed by atoms with van der Waals surface area (Å²) < 4.78 is 5.01. The molecule has 3 heteroatoms. The summed E-state index contributed by atoms with van der Waals surface area (Å²) in [5, 5.41) is 5.03. The third-order valence-electron chi connectivity index (χ3n) is 11.2. The molecule has 0 aliphatic carbocycles. The molecule has 0 spiro atoms. The first kappa shape index (κ1) is 33.2. The van der Waals surface area contributed by atoms with E-state index < -0.39 is 0 Å².